The largest absolute Gasteiger partial charge is 0.328 e. The minimum Gasteiger partial charge on any atom is -0.328 e. The van der Waals surface area contributed by atoms with Crippen molar-refractivity contribution in [2.75, 3.05) is 11.9 Å². The molecule has 2 rings (SSSR count). The van der Waals surface area contributed by atoms with Crippen LogP contribution < -0.4 is 10.6 Å². The molecule has 1 heterocycles. The summed E-state index contributed by atoms with van der Waals surface area (Å²) in [5.41, 5.74) is 11.3. The topological polar surface area (TPSA) is 55.0 Å². The van der Waals surface area contributed by atoms with E-state index in [0.717, 1.165) is 28.3 Å². The van der Waals surface area contributed by atoms with Gasteiger partial charge in [0.25, 0.3) is 0 Å². The van der Waals surface area contributed by atoms with Crippen LogP contribution in [0.25, 0.3) is 0 Å². The van der Waals surface area contributed by atoms with Gasteiger partial charge in [-0.05, 0) is 44.0 Å². The van der Waals surface area contributed by atoms with Gasteiger partial charge in [0.15, 0.2) is 5.82 Å². The predicted octanol–water partition coefficient (Wildman–Crippen LogP) is 2.63. The molecule has 0 fully saturated rings. The summed E-state index contributed by atoms with van der Waals surface area (Å²) in [7, 11) is 1.99. The average Bonchev–Trinajstić information content (AvgIpc) is 2.41. The summed E-state index contributed by atoms with van der Waals surface area (Å²) in [5.74, 6) is 0.830. The second-order valence-electron chi connectivity index (χ2n) is 4.81. The van der Waals surface area contributed by atoms with Gasteiger partial charge in [-0.25, -0.2) is 0 Å². The molecule has 0 amide bonds. The van der Waals surface area contributed by atoms with Crippen LogP contribution in [0.5, 0.6) is 0 Å². The Bertz CT molecular complexity index is 593. The standard InChI is InChI=1S/C15H20N4/c1-10-6-5-7-13(8-10)19(4)15-14(9-16)11(2)12(3)17-18-15/h5-8H,9,16H2,1-4H3. The van der Waals surface area contributed by atoms with E-state index in [1.54, 1.807) is 0 Å². The van der Waals surface area contributed by atoms with Gasteiger partial charge < -0.3 is 10.6 Å². The Balaban J connectivity index is 2.50. The first-order valence-corrected chi connectivity index (χ1v) is 6.37. The smallest absolute Gasteiger partial charge is 0.160 e. The third-order valence-electron chi connectivity index (χ3n) is 3.47. The second-order valence-corrected chi connectivity index (χ2v) is 4.81. The van der Waals surface area contributed by atoms with Crippen molar-refractivity contribution in [3.8, 4) is 0 Å². The molecule has 100 valence electrons. The first-order chi connectivity index (χ1) is 9.04. The van der Waals surface area contributed by atoms with E-state index >= 15 is 0 Å². The SMILES string of the molecule is Cc1cccc(N(C)c2nnc(C)c(C)c2CN)c1. The number of aryl methyl sites for hydroxylation is 2. The number of nitrogens with two attached hydrogens (primary N) is 1. The fraction of sp³-hybridized carbons (Fsp3) is 0.333. The van der Waals surface area contributed by atoms with Crippen LogP contribution in [0, 0.1) is 20.8 Å². The van der Waals surface area contributed by atoms with E-state index in [0.29, 0.717) is 6.54 Å². The highest BCUT2D eigenvalue weighted by Crippen LogP contribution is 2.27. The lowest BCUT2D eigenvalue weighted by atomic mass is 10.1. The van der Waals surface area contributed by atoms with Gasteiger partial charge in [0.2, 0.25) is 0 Å². The monoisotopic (exact) mass is 256 g/mol. The van der Waals surface area contributed by atoms with Gasteiger partial charge in [-0.3, -0.25) is 0 Å². The number of nitrogens with zero attached hydrogens (tertiary/aromatic N) is 3. The van der Waals surface area contributed by atoms with E-state index in [9.17, 15) is 0 Å². The lowest BCUT2D eigenvalue weighted by Gasteiger charge is -2.22. The molecule has 0 bridgehead atoms. The van der Waals surface area contributed by atoms with E-state index in [-0.39, 0.29) is 0 Å². The van der Waals surface area contributed by atoms with Crippen molar-refractivity contribution in [1.29, 1.82) is 0 Å². The zero-order valence-corrected chi connectivity index (χ0v) is 11.9. The molecule has 0 radical (unpaired) electrons. The Morgan fingerprint density at radius 2 is 1.89 bits per heavy atom. The average molecular weight is 256 g/mol. The van der Waals surface area contributed by atoms with Gasteiger partial charge in [-0.1, -0.05) is 12.1 Å². The summed E-state index contributed by atoms with van der Waals surface area (Å²) in [5, 5.41) is 8.52. The molecule has 0 saturated carbocycles. The molecule has 4 heteroatoms. The van der Waals surface area contributed by atoms with E-state index < -0.39 is 0 Å². The summed E-state index contributed by atoms with van der Waals surface area (Å²) in [4.78, 5) is 2.04. The van der Waals surface area contributed by atoms with Crippen molar-refractivity contribution in [3.05, 3.63) is 46.6 Å². The normalized spacial score (nSPS) is 10.6. The molecular formula is C15H20N4. The van der Waals surface area contributed by atoms with Crippen molar-refractivity contribution in [2.45, 2.75) is 27.3 Å². The van der Waals surface area contributed by atoms with E-state index in [2.05, 4.69) is 35.3 Å². The Morgan fingerprint density at radius 1 is 1.16 bits per heavy atom. The molecule has 4 nitrogen and oxygen atoms in total. The zero-order chi connectivity index (χ0) is 14.0. The molecule has 0 saturated heterocycles. The zero-order valence-electron chi connectivity index (χ0n) is 11.9. The van der Waals surface area contributed by atoms with Crippen LogP contribution in [-0.2, 0) is 6.54 Å². The summed E-state index contributed by atoms with van der Waals surface area (Å²) in [6.45, 7) is 6.54. The Labute approximate surface area is 114 Å². The molecule has 1 aromatic carbocycles. The molecule has 0 unspecified atom stereocenters. The number of anilines is 2. The third-order valence-corrected chi connectivity index (χ3v) is 3.47. The van der Waals surface area contributed by atoms with Crippen LogP contribution in [0.4, 0.5) is 11.5 Å². The molecule has 0 spiro atoms. The Hall–Kier alpha value is -1.94. The highest BCUT2D eigenvalue weighted by Gasteiger charge is 2.14. The van der Waals surface area contributed by atoms with E-state index in [1.807, 2.05) is 31.9 Å². The van der Waals surface area contributed by atoms with Crippen LogP contribution in [0.15, 0.2) is 24.3 Å². The lowest BCUT2D eigenvalue weighted by molar-refractivity contribution is 0.888. The summed E-state index contributed by atoms with van der Waals surface area (Å²) in [6.07, 6.45) is 0. The quantitative estimate of drug-likeness (QED) is 0.917. The first-order valence-electron chi connectivity index (χ1n) is 6.37. The van der Waals surface area contributed by atoms with E-state index in [1.165, 1.54) is 5.56 Å². The highest BCUT2D eigenvalue weighted by molar-refractivity contribution is 5.63. The minimum absolute atomic E-state index is 0.466. The van der Waals surface area contributed by atoms with Crippen molar-refractivity contribution in [3.63, 3.8) is 0 Å². The predicted molar refractivity (Wildman–Crippen MR) is 78.6 cm³/mol. The van der Waals surface area contributed by atoms with Crippen molar-refractivity contribution in [2.24, 2.45) is 5.73 Å². The van der Waals surface area contributed by atoms with Crippen LogP contribution >= 0.6 is 0 Å². The molecule has 2 N–H and O–H groups in total. The maximum Gasteiger partial charge on any atom is 0.160 e. The summed E-state index contributed by atoms with van der Waals surface area (Å²) >= 11 is 0. The Morgan fingerprint density at radius 3 is 2.53 bits per heavy atom. The molecule has 0 aliphatic heterocycles. The van der Waals surface area contributed by atoms with Gasteiger partial charge in [0.1, 0.15) is 0 Å². The highest BCUT2D eigenvalue weighted by atomic mass is 15.3. The van der Waals surface area contributed by atoms with Crippen LogP contribution in [-0.4, -0.2) is 17.2 Å². The maximum atomic E-state index is 5.87. The molecule has 0 atom stereocenters. The molecule has 0 aliphatic rings. The van der Waals surface area contributed by atoms with Crippen LogP contribution in [0.2, 0.25) is 0 Å². The number of aromatic nitrogens is 2. The molecule has 19 heavy (non-hydrogen) atoms. The number of hydrogen-bond acceptors (Lipinski definition) is 4. The second kappa shape index (κ2) is 5.36. The molecular weight excluding hydrogens is 236 g/mol. The lowest BCUT2D eigenvalue weighted by Crippen LogP contribution is -2.18. The van der Waals surface area contributed by atoms with Crippen LogP contribution in [0.1, 0.15) is 22.4 Å². The van der Waals surface area contributed by atoms with Crippen molar-refractivity contribution < 1.29 is 0 Å². The molecule has 2 aromatic rings. The summed E-state index contributed by atoms with van der Waals surface area (Å²) in [6, 6.07) is 8.30. The van der Waals surface area contributed by atoms with Gasteiger partial charge in [0.05, 0.1) is 5.69 Å². The van der Waals surface area contributed by atoms with Crippen molar-refractivity contribution >= 4 is 11.5 Å². The third kappa shape index (κ3) is 2.58. The van der Waals surface area contributed by atoms with Crippen molar-refractivity contribution in [1.82, 2.24) is 10.2 Å². The molecule has 1 aromatic heterocycles. The van der Waals surface area contributed by atoms with Gasteiger partial charge in [0, 0.05) is 24.8 Å². The van der Waals surface area contributed by atoms with Gasteiger partial charge >= 0.3 is 0 Å². The van der Waals surface area contributed by atoms with Gasteiger partial charge in [-0.15, -0.1) is 5.10 Å². The minimum atomic E-state index is 0.466. The maximum absolute atomic E-state index is 5.87. The van der Waals surface area contributed by atoms with E-state index in [4.69, 9.17) is 5.73 Å². The molecule has 0 aliphatic carbocycles. The number of rotatable bonds is 3. The summed E-state index contributed by atoms with van der Waals surface area (Å²) < 4.78 is 0. The fourth-order valence-corrected chi connectivity index (χ4v) is 2.12. The van der Waals surface area contributed by atoms with Gasteiger partial charge in [-0.2, -0.15) is 5.10 Å². The number of hydrogen-bond donors (Lipinski definition) is 1. The first kappa shape index (κ1) is 13.5. The van der Waals surface area contributed by atoms with Crippen LogP contribution in [0.3, 0.4) is 0 Å². The number of benzene rings is 1. The fourth-order valence-electron chi connectivity index (χ4n) is 2.12. The Kier molecular flexibility index (Phi) is 3.81.